The summed E-state index contributed by atoms with van der Waals surface area (Å²) in [7, 11) is -1.92. The van der Waals surface area contributed by atoms with E-state index in [-0.39, 0.29) is 22.1 Å². The van der Waals surface area contributed by atoms with Crippen LogP contribution < -0.4 is 9.62 Å². The summed E-state index contributed by atoms with van der Waals surface area (Å²) in [6, 6.07) is 21.7. The number of imidazole rings is 1. The zero-order valence-electron chi connectivity index (χ0n) is 23.7. The monoisotopic (exact) mass is 590 g/mol. The molecule has 0 bridgehead atoms. The third kappa shape index (κ3) is 6.25. The summed E-state index contributed by atoms with van der Waals surface area (Å²) < 4.78 is 31.5. The SMILES string of the molecule is C[C@H](CC(=O)N(Cc1nccn1C)c1ccc2c(c1)[C@@H](NS(=O)(=O)c1cccc(Cl)c1)CC2(C)C)c1ccccc1. The van der Waals surface area contributed by atoms with Crippen LogP contribution >= 0.6 is 11.6 Å². The predicted molar refractivity (Wildman–Crippen MR) is 162 cm³/mol. The fourth-order valence-electron chi connectivity index (χ4n) is 5.63. The Morgan fingerprint density at radius 2 is 1.88 bits per heavy atom. The van der Waals surface area contributed by atoms with Crippen molar-refractivity contribution in [1.29, 1.82) is 0 Å². The first-order chi connectivity index (χ1) is 19.4. The van der Waals surface area contributed by atoms with Crippen molar-refractivity contribution >= 4 is 33.2 Å². The third-order valence-electron chi connectivity index (χ3n) is 7.94. The molecule has 0 saturated heterocycles. The van der Waals surface area contributed by atoms with Gasteiger partial charge in [0, 0.05) is 42.6 Å². The molecule has 3 aromatic carbocycles. The van der Waals surface area contributed by atoms with Gasteiger partial charge in [-0.1, -0.05) is 74.8 Å². The van der Waals surface area contributed by atoms with Crippen LogP contribution in [0.1, 0.15) is 68.1 Å². The number of aromatic nitrogens is 2. The van der Waals surface area contributed by atoms with Gasteiger partial charge in [-0.15, -0.1) is 0 Å². The molecule has 0 radical (unpaired) electrons. The maximum absolute atomic E-state index is 13.9. The Morgan fingerprint density at radius 3 is 2.56 bits per heavy atom. The van der Waals surface area contributed by atoms with Crippen molar-refractivity contribution in [1.82, 2.24) is 14.3 Å². The number of nitrogens with one attached hydrogen (secondary N) is 1. The number of halogens is 1. The highest BCUT2D eigenvalue weighted by molar-refractivity contribution is 7.89. The molecule has 1 aliphatic rings. The maximum atomic E-state index is 13.9. The quantitative estimate of drug-likeness (QED) is 0.241. The second-order valence-electron chi connectivity index (χ2n) is 11.4. The Hall–Kier alpha value is -3.46. The number of sulfonamides is 1. The van der Waals surface area contributed by atoms with Crippen molar-refractivity contribution in [3.8, 4) is 0 Å². The second kappa shape index (κ2) is 11.4. The Kier molecular flexibility index (Phi) is 8.10. The van der Waals surface area contributed by atoms with Crippen molar-refractivity contribution < 1.29 is 13.2 Å². The Bertz CT molecular complexity index is 1670. The Morgan fingerprint density at radius 1 is 1.12 bits per heavy atom. The van der Waals surface area contributed by atoms with Crippen molar-refractivity contribution in [2.75, 3.05) is 4.90 Å². The highest BCUT2D eigenvalue weighted by Gasteiger charge is 2.39. The highest BCUT2D eigenvalue weighted by Crippen LogP contribution is 2.46. The molecule has 4 aromatic rings. The lowest BCUT2D eigenvalue weighted by molar-refractivity contribution is -0.119. The van der Waals surface area contributed by atoms with Crippen molar-refractivity contribution in [2.24, 2.45) is 7.05 Å². The number of amides is 1. The second-order valence-corrected chi connectivity index (χ2v) is 13.6. The average Bonchev–Trinajstić information content (AvgIpc) is 3.45. The lowest BCUT2D eigenvalue weighted by Gasteiger charge is -2.26. The van der Waals surface area contributed by atoms with Crippen molar-refractivity contribution in [3.63, 3.8) is 0 Å². The highest BCUT2D eigenvalue weighted by atomic mass is 35.5. The summed E-state index contributed by atoms with van der Waals surface area (Å²) in [4.78, 5) is 20.2. The molecule has 9 heteroatoms. The van der Waals surface area contributed by atoms with Crippen LogP contribution in [0.15, 0.2) is 90.1 Å². The number of benzene rings is 3. The van der Waals surface area contributed by atoms with Gasteiger partial charge >= 0.3 is 0 Å². The largest absolute Gasteiger partial charge is 0.337 e. The number of fused-ring (bicyclic) bond motifs is 1. The van der Waals surface area contributed by atoms with Crippen LogP contribution in [0, 0.1) is 0 Å². The van der Waals surface area contributed by atoms with Gasteiger partial charge in [-0.05, 0) is 64.8 Å². The fraction of sp³-hybridized carbons (Fsp3) is 0.312. The van der Waals surface area contributed by atoms with E-state index in [0.29, 0.717) is 30.1 Å². The molecule has 7 nitrogen and oxygen atoms in total. The van der Waals surface area contributed by atoms with E-state index in [1.165, 1.54) is 12.1 Å². The summed E-state index contributed by atoms with van der Waals surface area (Å²) in [5, 5.41) is 0.357. The number of hydrogen-bond donors (Lipinski definition) is 1. The molecule has 0 fully saturated rings. The molecular formula is C32H35ClN4O3S. The summed E-state index contributed by atoms with van der Waals surface area (Å²) in [5.41, 5.74) is 3.48. The summed E-state index contributed by atoms with van der Waals surface area (Å²) in [6.07, 6.45) is 4.48. The van der Waals surface area contributed by atoms with Crippen molar-refractivity contribution in [3.05, 3.63) is 113 Å². The van der Waals surface area contributed by atoms with E-state index in [0.717, 1.165) is 22.5 Å². The maximum Gasteiger partial charge on any atom is 0.241 e. The number of nitrogens with zero attached hydrogens (tertiary/aromatic N) is 3. The van der Waals surface area contributed by atoms with Crippen molar-refractivity contribution in [2.45, 2.75) is 62.4 Å². The van der Waals surface area contributed by atoms with E-state index >= 15 is 0 Å². The number of carbonyl (C=O) groups excluding carboxylic acids is 1. The van der Waals surface area contributed by atoms with Crippen LogP contribution in [-0.2, 0) is 33.8 Å². The number of hydrogen-bond acceptors (Lipinski definition) is 4. The minimum atomic E-state index is -3.83. The molecule has 0 spiro atoms. The third-order valence-corrected chi connectivity index (χ3v) is 9.65. The minimum Gasteiger partial charge on any atom is -0.337 e. The van der Waals surface area contributed by atoms with E-state index in [4.69, 9.17) is 11.6 Å². The van der Waals surface area contributed by atoms with Gasteiger partial charge in [0.15, 0.2) is 0 Å². The van der Waals surface area contributed by atoms with E-state index in [1.54, 1.807) is 23.2 Å². The predicted octanol–water partition coefficient (Wildman–Crippen LogP) is 6.50. The van der Waals surface area contributed by atoms with E-state index in [9.17, 15) is 13.2 Å². The van der Waals surface area contributed by atoms with Crippen LogP contribution in [0.2, 0.25) is 5.02 Å². The van der Waals surface area contributed by atoms with E-state index in [1.807, 2.05) is 66.3 Å². The number of carbonyl (C=O) groups is 1. The zero-order valence-corrected chi connectivity index (χ0v) is 25.3. The molecule has 214 valence electrons. The van der Waals surface area contributed by atoms with E-state index < -0.39 is 16.1 Å². The Labute approximate surface area is 247 Å². The molecule has 0 unspecified atom stereocenters. The summed E-state index contributed by atoms with van der Waals surface area (Å²) in [5.74, 6) is 0.751. The average molecular weight is 591 g/mol. The number of rotatable bonds is 9. The smallest absolute Gasteiger partial charge is 0.241 e. The molecule has 1 heterocycles. The Balaban J connectivity index is 1.49. The molecule has 1 aliphatic carbocycles. The van der Waals surface area contributed by atoms with Crippen LogP contribution in [0.5, 0.6) is 0 Å². The molecule has 0 saturated carbocycles. The van der Waals surface area contributed by atoms with Gasteiger partial charge in [-0.3, -0.25) is 4.79 Å². The van der Waals surface area contributed by atoms with Gasteiger partial charge in [0.25, 0.3) is 0 Å². The number of anilines is 1. The molecule has 41 heavy (non-hydrogen) atoms. The summed E-state index contributed by atoms with van der Waals surface area (Å²) in [6.45, 7) is 6.57. The molecule has 2 atom stereocenters. The van der Waals surface area contributed by atoms with Crippen LogP contribution in [-0.4, -0.2) is 23.9 Å². The van der Waals surface area contributed by atoms with Gasteiger partial charge in [0.05, 0.1) is 11.4 Å². The molecule has 1 N–H and O–H groups in total. The topological polar surface area (TPSA) is 84.3 Å². The van der Waals surface area contributed by atoms with Crippen LogP contribution in [0.3, 0.4) is 0 Å². The van der Waals surface area contributed by atoms with Crippen LogP contribution in [0.4, 0.5) is 5.69 Å². The van der Waals surface area contributed by atoms with Gasteiger partial charge < -0.3 is 9.47 Å². The zero-order chi connectivity index (χ0) is 29.4. The summed E-state index contributed by atoms with van der Waals surface area (Å²) >= 11 is 6.09. The molecular weight excluding hydrogens is 556 g/mol. The first-order valence-electron chi connectivity index (χ1n) is 13.7. The lowest BCUT2D eigenvalue weighted by Crippen LogP contribution is -2.32. The number of aryl methyl sites for hydroxylation is 1. The van der Waals surface area contributed by atoms with E-state index in [2.05, 4.69) is 30.5 Å². The van der Waals surface area contributed by atoms with Gasteiger partial charge in [-0.2, -0.15) is 0 Å². The van der Waals surface area contributed by atoms with Gasteiger partial charge in [-0.25, -0.2) is 18.1 Å². The minimum absolute atomic E-state index is 0.0261. The normalized spacial score (nSPS) is 16.8. The van der Waals surface area contributed by atoms with Gasteiger partial charge in [0.1, 0.15) is 5.82 Å². The fourth-order valence-corrected chi connectivity index (χ4v) is 7.15. The molecule has 0 aliphatic heterocycles. The molecule has 5 rings (SSSR count). The standard InChI is InChI=1S/C32H35ClN4O3S/c1-22(23-9-6-5-7-10-23)17-31(38)37(21-30-34-15-16-36(30)4)25-13-14-28-27(19-25)29(20-32(28,2)3)35-41(39,40)26-12-8-11-24(33)18-26/h5-16,18-19,22,29,35H,17,20-21H2,1-4H3/t22-,29+/m1/s1. The first kappa shape index (κ1) is 29.0. The molecule has 1 amide bonds. The lowest BCUT2D eigenvalue weighted by atomic mass is 9.86. The van der Waals surface area contributed by atoms with Gasteiger partial charge in [0.2, 0.25) is 15.9 Å². The first-order valence-corrected chi connectivity index (χ1v) is 15.5. The van der Waals surface area contributed by atoms with Crippen LogP contribution in [0.25, 0.3) is 0 Å². The molecule has 1 aromatic heterocycles.